The summed E-state index contributed by atoms with van der Waals surface area (Å²) in [4.78, 5) is 0. The zero-order chi connectivity index (χ0) is 6.27. The first-order chi connectivity index (χ1) is 4.36. The van der Waals surface area contributed by atoms with Crippen molar-refractivity contribution in [3.05, 3.63) is 0 Å². The summed E-state index contributed by atoms with van der Waals surface area (Å²) in [5.74, 6) is 0. The molecule has 60 valence electrons. The Hall–Kier alpha value is 0.210. The van der Waals surface area contributed by atoms with Crippen LogP contribution in [-0.4, -0.2) is 23.3 Å². The van der Waals surface area contributed by atoms with Gasteiger partial charge in [-0.15, -0.1) is 12.4 Å². The van der Waals surface area contributed by atoms with Crippen LogP contribution in [0.15, 0.2) is 0 Å². The van der Waals surface area contributed by atoms with Crippen molar-refractivity contribution in [1.29, 1.82) is 0 Å². The maximum atomic E-state index is 9.33. The molecule has 2 aliphatic rings. The van der Waals surface area contributed by atoms with Gasteiger partial charge in [0, 0.05) is 12.1 Å². The van der Waals surface area contributed by atoms with E-state index in [-0.39, 0.29) is 18.5 Å². The van der Waals surface area contributed by atoms with E-state index in [1.807, 2.05) is 0 Å². The van der Waals surface area contributed by atoms with E-state index in [0.29, 0.717) is 6.04 Å². The summed E-state index contributed by atoms with van der Waals surface area (Å²) < 4.78 is 0. The van der Waals surface area contributed by atoms with Gasteiger partial charge in [0.2, 0.25) is 0 Å². The SMILES string of the molecule is Cl.O[C@H]1CC[C@@H]2CC[C@H]1N2. The molecule has 0 amide bonds. The molecule has 2 aliphatic heterocycles. The van der Waals surface area contributed by atoms with E-state index in [2.05, 4.69) is 5.32 Å². The van der Waals surface area contributed by atoms with E-state index in [4.69, 9.17) is 0 Å². The third-order valence-corrected chi connectivity index (χ3v) is 2.55. The molecular formula is C7H14ClNO. The highest BCUT2D eigenvalue weighted by Crippen LogP contribution is 2.26. The Morgan fingerprint density at radius 1 is 1.10 bits per heavy atom. The highest BCUT2D eigenvalue weighted by atomic mass is 35.5. The summed E-state index contributed by atoms with van der Waals surface area (Å²) in [7, 11) is 0. The van der Waals surface area contributed by atoms with Crippen LogP contribution < -0.4 is 5.32 Å². The van der Waals surface area contributed by atoms with Crippen LogP contribution in [0.1, 0.15) is 25.7 Å². The number of nitrogens with one attached hydrogen (secondary N) is 1. The number of aliphatic hydroxyl groups is 1. The fourth-order valence-electron chi connectivity index (χ4n) is 1.95. The molecule has 0 aromatic rings. The molecule has 0 saturated carbocycles. The molecule has 0 radical (unpaired) electrons. The number of hydrogen-bond donors (Lipinski definition) is 2. The molecule has 0 aromatic heterocycles. The predicted octanol–water partition coefficient (Wildman–Crippen LogP) is 0.683. The van der Waals surface area contributed by atoms with Crippen LogP contribution in [-0.2, 0) is 0 Å². The average molecular weight is 164 g/mol. The zero-order valence-electron chi connectivity index (χ0n) is 5.92. The first-order valence-electron chi connectivity index (χ1n) is 3.80. The Balaban J connectivity index is 0.000000500. The molecule has 0 spiro atoms. The van der Waals surface area contributed by atoms with E-state index in [1.165, 1.54) is 19.3 Å². The molecule has 2 N–H and O–H groups in total. The number of hydrogen-bond acceptors (Lipinski definition) is 2. The van der Waals surface area contributed by atoms with Crippen LogP contribution in [0.2, 0.25) is 0 Å². The van der Waals surface area contributed by atoms with Gasteiger partial charge < -0.3 is 10.4 Å². The first-order valence-corrected chi connectivity index (χ1v) is 3.80. The summed E-state index contributed by atoms with van der Waals surface area (Å²) in [6.45, 7) is 0. The Bertz CT molecular complexity index is 120. The maximum absolute atomic E-state index is 9.33. The van der Waals surface area contributed by atoms with Gasteiger partial charge in [0.1, 0.15) is 0 Å². The van der Waals surface area contributed by atoms with Crippen LogP contribution in [0.25, 0.3) is 0 Å². The zero-order valence-corrected chi connectivity index (χ0v) is 6.73. The third-order valence-electron chi connectivity index (χ3n) is 2.55. The number of rotatable bonds is 0. The van der Waals surface area contributed by atoms with E-state index >= 15 is 0 Å². The monoisotopic (exact) mass is 163 g/mol. The second kappa shape index (κ2) is 3.07. The fourth-order valence-corrected chi connectivity index (χ4v) is 1.95. The lowest BCUT2D eigenvalue weighted by atomic mass is 10.0. The Labute approximate surface area is 67.4 Å². The van der Waals surface area contributed by atoms with Crippen LogP contribution in [0.5, 0.6) is 0 Å². The number of piperidine rings is 1. The molecule has 0 aromatic carbocycles. The van der Waals surface area contributed by atoms with E-state index in [1.54, 1.807) is 0 Å². The molecular weight excluding hydrogens is 150 g/mol. The van der Waals surface area contributed by atoms with Crippen molar-refractivity contribution in [3.63, 3.8) is 0 Å². The predicted molar refractivity (Wildman–Crippen MR) is 42.4 cm³/mol. The highest BCUT2D eigenvalue weighted by Gasteiger charge is 2.33. The normalized spacial score (nSPS) is 44.7. The lowest BCUT2D eigenvalue weighted by Gasteiger charge is -2.25. The van der Waals surface area contributed by atoms with Gasteiger partial charge in [-0.1, -0.05) is 0 Å². The van der Waals surface area contributed by atoms with Gasteiger partial charge in [0.05, 0.1) is 6.10 Å². The molecule has 3 atom stereocenters. The van der Waals surface area contributed by atoms with Gasteiger partial charge in [-0.25, -0.2) is 0 Å². The molecule has 0 unspecified atom stereocenters. The van der Waals surface area contributed by atoms with Crippen molar-refractivity contribution in [1.82, 2.24) is 5.32 Å². The summed E-state index contributed by atoms with van der Waals surface area (Å²) in [5, 5.41) is 12.7. The Morgan fingerprint density at radius 2 is 1.80 bits per heavy atom. The smallest absolute Gasteiger partial charge is 0.0693 e. The van der Waals surface area contributed by atoms with Crippen molar-refractivity contribution in [3.8, 4) is 0 Å². The molecule has 2 fully saturated rings. The minimum atomic E-state index is -0.0521. The standard InChI is InChI=1S/C7H13NO.ClH/c9-7-4-2-5-1-3-6(7)8-5;/h5-9H,1-4H2;1H/t5-,6+,7-;/m0./s1. The van der Waals surface area contributed by atoms with Crippen molar-refractivity contribution >= 4 is 12.4 Å². The molecule has 2 rings (SSSR count). The average Bonchev–Trinajstić information content (AvgIpc) is 2.25. The van der Waals surface area contributed by atoms with E-state index < -0.39 is 0 Å². The molecule has 3 heteroatoms. The van der Waals surface area contributed by atoms with Crippen molar-refractivity contribution in [2.75, 3.05) is 0 Å². The number of aliphatic hydroxyl groups excluding tert-OH is 1. The van der Waals surface area contributed by atoms with Gasteiger partial charge in [-0.2, -0.15) is 0 Å². The fraction of sp³-hybridized carbons (Fsp3) is 1.00. The maximum Gasteiger partial charge on any atom is 0.0693 e. The van der Waals surface area contributed by atoms with Crippen molar-refractivity contribution in [2.45, 2.75) is 43.9 Å². The molecule has 2 bridgehead atoms. The van der Waals surface area contributed by atoms with Crippen LogP contribution in [0.4, 0.5) is 0 Å². The molecule has 0 aliphatic carbocycles. The molecule has 2 saturated heterocycles. The summed E-state index contributed by atoms with van der Waals surface area (Å²) in [5.41, 5.74) is 0. The molecule has 2 heterocycles. The summed E-state index contributed by atoms with van der Waals surface area (Å²) >= 11 is 0. The van der Waals surface area contributed by atoms with Crippen LogP contribution in [0, 0.1) is 0 Å². The second-order valence-corrected chi connectivity index (χ2v) is 3.19. The molecule has 10 heavy (non-hydrogen) atoms. The van der Waals surface area contributed by atoms with Gasteiger partial charge in [-0.05, 0) is 25.7 Å². The van der Waals surface area contributed by atoms with Gasteiger partial charge in [0.15, 0.2) is 0 Å². The third kappa shape index (κ3) is 1.29. The Kier molecular flexibility index (Phi) is 2.55. The van der Waals surface area contributed by atoms with Crippen molar-refractivity contribution in [2.24, 2.45) is 0 Å². The minimum Gasteiger partial charge on any atom is -0.392 e. The second-order valence-electron chi connectivity index (χ2n) is 3.19. The molecule has 2 nitrogen and oxygen atoms in total. The van der Waals surface area contributed by atoms with E-state index in [9.17, 15) is 5.11 Å². The highest BCUT2D eigenvalue weighted by molar-refractivity contribution is 5.85. The Morgan fingerprint density at radius 3 is 2.50 bits per heavy atom. The lowest BCUT2D eigenvalue weighted by molar-refractivity contribution is 0.103. The summed E-state index contributed by atoms with van der Waals surface area (Å²) in [6, 6.07) is 1.17. The van der Waals surface area contributed by atoms with Crippen molar-refractivity contribution < 1.29 is 5.11 Å². The topological polar surface area (TPSA) is 32.3 Å². The van der Waals surface area contributed by atoms with Gasteiger partial charge in [0.25, 0.3) is 0 Å². The lowest BCUT2D eigenvalue weighted by Crippen LogP contribution is -2.43. The number of fused-ring (bicyclic) bond motifs is 2. The number of halogens is 1. The van der Waals surface area contributed by atoms with Crippen LogP contribution >= 0.6 is 12.4 Å². The van der Waals surface area contributed by atoms with Gasteiger partial charge in [-0.3, -0.25) is 0 Å². The minimum absolute atomic E-state index is 0. The van der Waals surface area contributed by atoms with Crippen LogP contribution in [0.3, 0.4) is 0 Å². The van der Waals surface area contributed by atoms with Gasteiger partial charge >= 0.3 is 0 Å². The van der Waals surface area contributed by atoms with E-state index in [0.717, 1.165) is 12.5 Å². The quantitative estimate of drug-likeness (QED) is 0.551. The summed E-state index contributed by atoms with van der Waals surface area (Å²) in [6.07, 6.45) is 4.61. The first kappa shape index (κ1) is 8.31. The largest absolute Gasteiger partial charge is 0.392 e.